The summed E-state index contributed by atoms with van der Waals surface area (Å²) in [6, 6.07) is 21.2. The summed E-state index contributed by atoms with van der Waals surface area (Å²) in [6.07, 6.45) is 0.250. The number of nitrogens with zero attached hydrogens (tertiary/aromatic N) is 1. The molecule has 0 aliphatic heterocycles. The monoisotopic (exact) mass is 480 g/mol. The molecule has 3 rings (SSSR count). The predicted octanol–water partition coefficient (Wildman–Crippen LogP) is 3.72. The zero-order chi connectivity index (χ0) is 24.7. The van der Waals surface area contributed by atoms with Crippen LogP contribution in [0.5, 0.6) is 0 Å². The molecule has 1 atom stereocenters. The molecule has 3 aromatic rings. The summed E-state index contributed by atoms with van der Waals surface area (Å²) in [5.41, 5.74) is 2.50. The van der Waals surface area contributed by atoms with Crippen LogP contribution in [0.2, 0.25) is 0 Å². The van der Waals surface area contributed by atoms with Crippen molar-refractivity contribution in [2.24, 2.45) is 0 Å². The van der Waals surface area contributed by atoms with Crippen molar-refractivity contribution in [1.82, 2.24) is 5.32 Å². The molecule has 1 amide bonds. The number of hydrogen-bond donors (Lipinski definition) is 1. The molecule has 0 spiro atoms. The van der Waals surface area contributed by atoms with Gasteiger partial charge < -0.3 is 10.1 Å². The highest BCUT2D eigenvalue weighted by atomic mass is 32.2. The molecule has 0 bridgehead atoms. The Labute approximate surface area is 200 Å². The van der Waals surface area contributed by atoms with Crippen LogP contribution in [-0.4, -0.2) is 40.0 Å². The molecule has 0 heterocycles. The predicted molar refractivity (Wildman–Crippen MR) is 131 cm³/mol. The van der Waals surface area contributed by atoms with E-state index in [1.165, 1.54) is 35.6 Å². The van der Waals surface area contributed by atoms with Crippen LogP contribution in [-0.2, 0) is 26.0 Å². The van der Waals surface area contributed by atoms with Gasteiger partial charge in [0.2, 0.25) is 0 Å². The first-order chi connectivity index (χ1) is 16.2. The van der Waals surface area contributed by atoms with Gasteiger partial charge in [0.05, 0.1) is 17.2 Å². The second-order valence-electron chi connectivity index (χ2n) is 7.80. The Bertz CT molecular complexity index is 1240. The van der Waals surface area contributed by atoms with Crippen molar-refractivity contribution < 1.29 is 22.7 Å². The Balaban J connectivity index is 1.83. The maximum Gasteiger partial charge on any atom is 0.328 e. The fraction of sp³-hybridized carbons (Fsp3) is 0.231. The minimum absolute atomic E-state index is 0.0287. The van der Waals surface area contributed by atoms with Crippen molar-refractivity contribution in [3.05, 3.63) is 95.6 Å². The van der Waals surface area contributed by atoms with Gasteiger partial charge in [-0.2, -0.15) is 0 Å². The number of rotatable bonds is 9. The molecule has 0 fully saturated rings. The lowest BCUT2D eigenvalue weighted by molar-refractivity contribution is -0.145. The van der Waals surface area contributed by atoms with Crippen LogP contribution < -0.4 is 9.62 Å². The number of ether oxygens (including phenoxy) is 1. The van der Waals surface area contributed by atoms with Crippen molar-refractivity contribution >= 4 is 27.6 Å². The average molecular weight is 481 g/mol. The highest BCUT2D eigenvalue weighted by Gasteiger charge is 2.25. The van der Waals surface area contributed by atoms with Gasteiger partial charge in [0, 0.05) is 19.0 Å². The molecule has 7 nitrogen and oxygen atoms in total. The highest BCUT2D eigenvalue weighted by molar-refractivity contribution is 7.92. The van der Waals surface area contributed by atoms with E-state index in [2.05, 4.69) is 5.32 Å². The van der Waals surface area contributed by atoms with Crippen LogP contribution >= 0.6 is 0 Å². The molecule has 0 saturated heterocycles. The van der Waals surface area contributed by atoms with Gasteiger partial charge in [-0.1, -0.05) is 54.1 Å². The van der Waals surface area contributed by atoms with Crippen LogP contribution in [0.4, 0.5) is 5.69 Å². The fourth-order valence-electron chi connectivity index (χ4n) is 3.38. The van der Waals surface area contributed by atoms with Crippen molar-refractivity contribution in [3.63, 3.8) is 0 Å². The maximum absolute atomic E-state index is 13.2. The number of hydrogen-bond acceptors (Lipinski definition) is 5. The fourth-order valence-corrected chi connectivity index (χ4v) is 4.62. The molecular weight excluding hydrogens is 452 g/mol. The lowest BCUT2D eigenvalue weighted by atomic mass is 10.1. The highest BCUT2D eigenvalue weighted by Crippen LogP contribution is 2.23. The molecule has 178 valence electrons. The lowest BCUT2D eigenvalue weighted by Gasteiger charge is -2.20. The van der Waals surface area contributed by atoms with E-state index in [-0.39, 0.29) is 23.5 Å². The standard InChI is InChI=1S/C26H28N2O5S/c1-4-33-26(30)24(17-20-9-6-5-7-10-20)27-25(29)21-11-8-12-23(18-21)34(31,32)28(3)22-15-13-19(2)14-16-22/h5-16,18,24H,4,17H2,1-3H3,(H,27,29). The van der Waals surface area contributed by atoms with Crippen LogP contribution in [0, 0.1) is 6.92 Å². The second kappa shape index (κ2) is 11.0. The minimum atomic E-state index is -3.90. The van der Waals surface area contributed by atoms with Crippen LogP contribution in [0.3, 0.4) is 0 Å². The van der Waals surface area contributed by atoms with E-state index in [0.29, 0.717) is 5.69 Å². The number of sulfonamides is 1. The van der Waals surface area contributed by atoms with Gasteiger partial charge in [-0.25, -0.2) is 13.2 Å². The minimum Gasteiger partial charge on any atom is -0.464 e. The van der Waals surface area contributed by atoms with Gasteiger partial charge in [-0.15, -0.1) is 0 Å². The topological polar surface area (TPSA) is 92.8 Å². The Morgan fingerprint density at radius 3 is 2.29 bits per heavy atom. The molecule has 0 saturated carbocycles. The third-order valence-corrected chi connectivity index (χ3v) is 7.09. The summed E-state index contributed by atoms with van der Waals surface area (Å²) in [5.74, 6) is -1.12. The molecule has 0 radical (unpaired) electrons. The number of aryl methyl sites for hydroxylation is 1. The molecule has 34 heavy (non-hydrogen) atoms. The van der Waals surface area contributed by atoms with Gasteiger partial charge in [0.1, 0.15) is 6.04 Å². The molecular formula is C26H28N2O5S. The van der Waals surface area contributed by atoms with Crippen molar-refractivity contribution in [1.29, 1.82) is 0 Å². The Morgan fingerprint density at radius 1 is 0.971 bits per heavy atom. The van der Waals surface area contributed by atoms with Crippen molar-refractivity contribution in [3.8, 4) is 0 Å². The summed E-state index contributed by atoms with van der Waals surface area (Å²) in [7, 11) is -2.44. The quantitative estimate of drug-likeness (QED) is 0.471. The first-order valence-electron chi connectivity index (χ1n) is 10.9. The van der Waals surface area contributed by atoms with Crippen molar-refractivity contribution in [2.45, 2.75) is 31.2 Å². The maximum atomic E-state index is 13.2. The van der Waals surface area contributed by atoms with E-state index in [1.807, 2.05) is 49.4 Å². The van der Waals surface area contributed by atoms with Crippen molar-refractivity contribution in [2.75, 3.05) is 18.0 Å². The summed E-state index contributed by atoms with van der Waals surface area (Å²) in [4.78, 5) is 25.4. The SMILES string of the molecule is CCOC(=O)C(Cc1ccccc1)NC(=O)c1cccc(S(=O)(=O)N(C)c2ccc(C)cc2)c1. The van der Waals surface area contributed by atoms with Gasteiger partial charge >= 0.3 is 5.97 Å². The normalized spacial score (nSPS) is 12.0. The smallest absolute Gasteiger partial charge is 0.328 e. The molecule has 0 aliphatic rings. The Kier molecular flexibility index (Phi) is 8.07. The number of benzene rings is 3. The molecule has 0 aliphatic carbocycles. The second-order valence-corrected chi connectivity index (χ2v) is 9.77. The van der Waals surface area contributed by atoms with E-state index >= 15 is 0 Å². The van der Waals surface area contributed by atoms with Crippen LogP contribution in [0.1, 0.15) is 28.4 Å². The summed E-state index contributed by atoms with van der Waals surface area (Å²) in [5, 5.41) is 2.69. The molecule has 3 aromatic carbocycles. The third-order valence-electron chi connectivity index (χ3n) is 5.31. The number of carbonyl (C=O) groups excluding carboxylic acids is 2. The van der Waals surface area contributed by atoms with Gasteiger partial charge in [0.25, 0.3) is 15.9 Å². The van der Waals surface area contributed by atoms with E-state index in [1.54, 1.807) is 19.1 Å². The van der Waals surface area contributed by atoms with E-state index in [9.17, 15) is 18.0 Å². The first-order valence-corrected chi connectivity index (χ1v) is 12.3. The summed E-state index contributed by atoms with van der Waals surface area (Å²) in [6.45, 7) is 3.79. The molecule has 0 aromatic heterocycles. The van der Waals surface area contributed by atoms with Gasteiger partial charge in [-0.05, 0) is 49.7 Å². The summed E-state index contributed by atoms with van der Waals surface area (Å²) >= 11 is 0. The van der Waals surface area contributed by atoms with E-state index in [0.717, 1.165) is 11.1 Å². The number of nitrogens with one attached hydrogen (secondary N) is 1. The van der Waals surface area contributed by atoms with Gasteiger partial charge in [-0.3, -0.25) is 9.10 Å². The zero-order valence-electron chi connectivity index (χ0n) is 19.4. The third kappa shape index (κ3) is 6.02. The number of amides is 1. The average Bonchev–Trinajstić information content (AvgIpc) is 2.84. The molecule has 1 unspecified atom stereocenters. The Morgan fingerprint density at radius 2 is 1.65 bits per heavy atom. The first kappa shape index (κ1) is 25.0. The van der Waals surface area contributed by atoms with Crippen LogP contribution in [0.25, 0.3) is 0 Å². The number of anilines is 1. The lowest BCUT2D eigenvalue weighted by Crippen LogP contribution is -2.43. The number of esters is 1. The Hall–Kier alpha value is -3.65. The van der Waals surface area contributed by atoms with E-state index < -0.39 is 27.9 Å². The largest absolute Gasteiger partial charge is 0.464 e. The number of carbonyl (C=O) groups is 2. The van der Waals surface area contributed by atoms with Gasteiger partial charge in [0.15, 0.2) is 0 Å². The van der Waals surface area contributed by atoms with E-state index in [4.69, 9.17) is 4.74 Å². The zero-order valence-corrected chi connectivity index (χ0v) is 20.2. The van der Waals surface area contributed by atoms with Crippen LogP contribution in [0.15, 0.2) is 83.8 Å². The summed E-state index contributed by atoms with van der Waals surface area (Å²) < 4.78 is 32.6. The molecule has 1 N–H and O–H groups in total. The molecule has 8 heteroatoms.